The van der Waals surface area contributed by atoms with Gasteiger partial charge in [-0.3, -0.25) is 0 Å². The number of carbonyl (C=O) groups is 1. The third-order valence-corrected chi connectivity index (χ3v) is 2.84. The van der Waals surface area contributed by atoms with Crippen molar-refractivity contribution < 1.29 is 9.53 Å². The van der Waals surface area contributed by atoms with Crippen molar-refractivity contribution in [2.45, 2.75) is 46.1 Å². The summed E-state index contributed by atoms with van der Waals surface area (Å²) in [6.07, 6.45) is 1.82. The molecule has 1 aliphatic rings. The first-order valence-corrected chi connectivity index (χ1v) is 5.96. The Morgan fingerprint density at radius 1 is 1.38 bits per heavy atom. The lowest BCUT2D eigenvalue weighted by atomic mass is 9.82. The maximum Gasteiger partial charge on any atom is 0.407 e. The van der Waals surface area contributed by atoms with E-state index in [1.807, 2.05) is 20.8 Å². The molecular formula is C12H24N2O2. The Balaban J connectivity index is 2.30. The SMILES string of the molecule is CC1(COC(=O)NC(C)(C)C)CCNCC1. The van der Waals surface area contributed by atoms with Gasteiger partial charge in [0.15, 0.2) is 0 Å². The second kappa shape index (κ2) is 5.04. The Morgan fingerprint density at radius 3 is 2.44 bits per heavy atom. The highest BCUT2D eigenvalue weighted by molar-refractivity contribution is 5.68. The van der Waals surface area contributed by atoms with E-state index in [0.29, 0.717) is 6.61 Å². The number of rotatable bonds is 2. The van der Waals surface area contributed by atoms with Gasteiger partial charge in [0, 0.05) is 11.0 Å². The molecule has 0 aromatic heterocycles. The first kappa shape index (κ1) is 13.3. The summed E-state index contributed by atoms with van der Waals surface area (Å²) in [4.78, 5) is 11.5. The highest BCUT2D eigenvalue weighted by Gasteiger charge is 2.28. The van der Waals surface area contributed by atoms with Crippen LogP contribution in [0.15, 0.2) is 0 Å². The zero-order valence-electron chi connectivity index (χ0n) is 10.9. The zero-order chi connectivity index (χ0) is 12.2. The minimum Gasteiger partial charge on any atom is -0.449 e. The molecule has 0 radical (unpaired) electrons. The average molecular weight is 228 g/mol. The van der Waals surface area contributed by atoms with Crippen molar-refractivity contribution in [1.82, 2.24) is 10.6 Å². The molecule has 0 bridgehead atoms. The lowest BCUT2D eigenvalue weighted by Crippen LogP contribution is -2.43. The van der Waals surface area contributed by atoms with Crippen molar-refractivity contribution in [1.29, 1.82) is 0 Å². The smallest absolute Gasteiger partial charge is 0.407 e. The molecule has 0 aliphatic carbocycles. The van der Waals surface area contributed by atoms with Crippen molar-refractivity contribution in [2.75, 3.05) is 19.7 Å². The van der Waals surface area contributed by atoms with Crippen LogP contribution in [0, 0.1) is 5.41 Å². The summed E-state index contributed by atoms with van der Waals surface area (Å²) in [5.41, 5.74) is -0.0907. The van der Waals surface area contributed by atoms with E-state index in [1.165, 1.54) is 0 Å². The van der Waals surface area contributed by atoms with Crippen LogP contribution in [0.25, 0.3) is 0 Å². The van der Waals surface area contributed by atoms with E-state index in [9.17, 15) is 4.79 Å². The minimum absolute atomic E-state index is 0.139. The number of piperidine rings is 1. The normalized spacial score (nSPS) is 20.2. The molecule has 4 nitrogen and oxygen atoms in total. The van der Waals surface area contributed by atoms with Gasteiger partial charge in [-0.25, -0.2) is 4.79 Å². The van der Waals surface area contributed by atoms with Gasteiger partial charge in [-0.2, -0.15) is 0 Å². The molecule has 16 heavy (non-hydrogen) atoms. The molecule has 4 heteroatoms. The second-order valence-corrected chi connectivity index (χ2v) is 6.01. The van der Waals surface area contributed by atoms with E-state index in [4.69, 9.17) is 4.74 Å². The maximum atomic E-state index is 11.5. The fourth-order valence-corrected chi connectivity index (χ4v) is 1.76. The predicted molar refractivity (Wildman–Crippen MR) is 64.4 cm³/mol. The second-order valence-electron chi connectivity index (χ2n) is 6.01. The fraction of sp³-hybridized carbons (Fsp3) is 0.917. The molecule has 1 rings (SSSR count). The molecule has 0 aromatic rings. The van der Waals surface area contributed by atoms with Crippen LogP contribution >= 0.6 is 0 Å². The van der Waals surface area contributed by atoms with Crippen LogP contribution in [0.1, 0.15) is 40.5 Å². The van der Waals surface area contributed by atoms with Crippen LogP contribution in [0.3, 0.4) is 0 Å². The maximum absolute atomic E-state index is 11.5. The number of ether oxygens (including phenoxy) is 1. The summed E-state index contributed by atoms with van der Waals surface area (Å²) in [7, 11) is 0. The van der Waals surface area contributed by atoms with Crippen LogP contribution < -0.4 is 10.6 Å². The minimum atomic E-state index is -0.313. The van der Waals surface area contributed by atoms with Gasteiger partial charge in [0.05, 0.1) is 6.61 Å². The Bertz CT molecular complexity index is 240. The summed E-state index contributed by atoms with van der Waals surface area (Å²) in [5, 5.41) is 6.11. The Labute approximate surface area is 98.1 Å². The number of carbonyl (C=O) groups excluding carboxylic acids is 1. The molecule has 2 N–H and O–H groups in total. The van der Waals surface area contributed by atoms with Crippen molar-refractivity contribution >= 4 is 6.09 Å². The van der Waals surface area contributed by atoms with Gasteiger partial charge in [-0.1, -0.05) is 6.92 Å². The lowest BCUT2D eigenvalue weighted by molar-refractivity contribution is 0.0679. The van der Waals surface area contributed by atoms with E-state index in [2.05, 4.69) is 17.6 Å². The summed E-state index contributed by atoms with van der Waals surface area (Å²) in [5.74, 6) is 0. The molecule has 0 spiro atoms. The van der Waals surface area contributed by atoms with Crippen LogP contribution in [-0.4, -0.2) is 31.3 Å². The standard InChI is InChI=1S/C12H24N2O2/c1-11(2,3)14-10(15)16-9-12(4)5-7-13-8-6-12/h13H,5-9H2,1-4H3,(H,14,15). The average Bonchev–Trinajstić information content (AvgIpc) is 2.14. The quantitative estimate of drug-likeness (QED) is 0.759. The number of alkyl carbamates (subject to hydrolysis) is 1. The highest BCUT2D eigenvalue weighted by atomic mass is 16.5. The van der Waals surface area contributed by atoms with E-state index in [1.54, 1.807) is 0 Å². The van der Waals surface area contributed by atoms with E-state index < -0.39 is 0 Å². The van der Waals surface area contributed by atoms with Crippen molar-refractivity contribution in [3.63, 3.8) is 0 Å². The van der Waals surface area contributed by atoms with Crippen LogP contribution in [-0.2, 0) is 4.74 Å². The number of hydrogen-bond donors (Lipinski definition) is 2. The van der Waals surface area contributed by atoms with Crippen molar-refractivity contribution in [2.24, 2.45) is 5.41 Å². The molecule has 1 amide bonds. The third kappa shape index (κ3) is 4.84. The summed E-state index contributed by atoms with van der Waals surface area (Å²) in [6, 6.07) is 0. The molecule has 0 saturated carbocycles. The molecule has 1 fully saturated rings. The number of nitrogens with one attached hydrogen (secondary N) is 2. The zero-order valence-corrected chi connectivity index (χ0v) is 10.9. The van der Waals surface area contributed by atoms with E-state index in [-0.39, 0.29) is 17.0 Å². The third-order valence-electron chi connectivity index (χ3n) is 2.84. The van der Waals surface area contributed by atoms with Gasteiger partial charge in [0.1, 0.15) is 0 Å². The topological polar surface area (TPSA) is 50.4 Å². The summed E-state index contributed by atoms with van der Waals surface area (Å²) in [6.45, 7) is 10.6. The van der Waals surface area contributed by atoms with E-state index in [0.717, 1.165) is 25.9 Å². The summed E-state index contributed by atoms with van der Waals surface area (Å²) < 4.78 is 5.28. The predicted octanol–water partition coefficient (Wildman–Crippen LogP) is 1.90. The van der Waals surface area contributed by atoms with Crippen molar-refractivity contribution in [3.05, 3.63) is 0 Å². The number of amides is 1. The molecule has 1 saturated heterocycles. The van der Waals surface area contributed by atoms with Gasteiger partial charge >= 0.3 is 6.09 Å². The van der Waals surface area contributed by atoms with Crippen LogP contribution in [0.5, 0.6) is 0 Å². The Hall–Kier alpha value is -0.770. The van der Waals surface area contributed by atoms with E-state index >= 15 is 0 Å². The fourth-order valence-electron chi connectivity index (χ4n) is 1.76. The largest absolute Gasteiger partial charge is 0.449 e. The first-order valence-electron chi connectivity index (χ1n) is 5.96. The van der Waals surface area contributed by atoms with Gasteiger partial charge in [-0.15, -0.1) is 0 Å². The van der Waals surface area contributed by atoms with Gasteiger partial charge in [-0.05, 0) is 46.7 Å². The molecule has 94 valence electrons. The van der Waals surface area contributed by atoms with Crippen molar-refractivity contribution in [3.8, 4) is 0 Å². The molecule has 0 unspecified atom stereocenters. The molecular weight excluding hydrogens is 204 g/mol. The highest BCUT2D eigenvalue weighted by Crippen LogP contribution is 2.27. The molecule has 1 aliphatic heterocycles. The van der Waals surface area contributed by atoms with Gasteiger partial charge in [0.25, 0.3) is 0 Å². The summed E-state index contributed by atoms with van der Waals surface area (Å²) >= 11 is 0. The molecule has 0 aromatic carbocycles. The van der Waals surface area contributed by atoms with Gasteiger partial charge in [0.2, 0.25) is 0 Å². The Kier molecular flexibility index (Phi) is 4.19. The van der Waals surface area contributed by atoms with Crippen LogP contribution in [0.4, 0.5) is 4.79 Å². The first-order chi connectivity index (χ1) is 7.31. The monoisotopic (exact) mass is 228 g/mol. The Morgan fingerprint density at radius 2 is 1.94 bits per heavy atom. The number of hydrogen-bond acceptors (Lipinski definition) is 3. The molecule has 0 atom stereocenters. The van der Waals surface area contributed by atoms with Gasteiger partial charge < -0.3 is 15.4 Å². The van der Waals surface area contributed by atoms with Crippen LogP contribution in [0.2, 0.25) is 0 Å². The lowest BCUT2D eigenvalue weighted by Gasteiger charge is -2.33. The molecule has 1 heterocycles.